The summed E-state index contributed by atoms with van der Waals surface area (Å²) in [6.07, 6.45) is 0. The van der Waals surface area contributed by atoms with E-state index in [9.17, 15) is 18.0 Å². The number of Topliss-reactive ketones (excluding diaryl/α,β-unsaturated/α-hetero) is 1. The Morgan fingerprint density at radius 2 is 1.81 bits per heavy atom. The van der Waals surface area contributed by atoms with E-state index in [1.165, 1.54) is 12.1 Å². The molecule has 0 aliphatic rings. The molecule has 0 radical (unpaired) electrons. The Morgan fingerprint density at radius 1 is 1.24 bits per heavy atom. The number of benzene rings is 1. The topological polar surface area (TPSA) is 119 Å². The van der Waals surface area contributed by atoms with E-state index in [-0.39, 0.29) is 4.90 Å². The Hall–Kier alpha value is -2.26. The second-order valence-electron chi connectivity index (χ2n) is 3.88. The predicted octanol–water partition coefficient (Wildman–Crippen LogP) is 0.356. The quantitative estimate of drug-likeness (QED) is 0.334. The molecule has 21 heavy (non-hydrogen) atoms. The van der Waals surface area contributed by atoms with Gasteiger partial charge in [-0.05, 0) is 19.1 Å². The molecule has 1 aromatic rings. The maximum absolute atomic E-state index is 11.8. The van der Waals surface area contributed by atoms with Gasteiger partial charge >= 0.3 is 5.97 Å². The van der Waals surface area contributed by atoms with Gasteiger partial charge in [-0.25, -0.2) is 4.79 Å². The zero-order valence-electron chi connectivity index (χ0n) is 11.3. The molecule has 8 nitrogen and oxygen atoms in total. The molecule has 9 heteroatoms. The number of hydrogen-bond donors (Lipinski definition) is 1. The fourth-order valence-electron chi connectivity index (χ4n) is 1.27. The van der Waals surface area contributed by atoms with E-state index < -0.39 is 34.2 Å². The van der Waals surface area contributed by atoms with Crippen molar-refractivity contribution in [2.75, 3.05) is 13.7 Å². The third-order valence-corrected chi connectivity index (χ3v) is 3.58. The summed E-state index contributed by atoms with van der Waals surface area (Å²) in [6.45, 7) is 0.797. The number of ketones is 1. The first-order valence-corrected chi connectivity index (χ1v) is 7.02. The van der Waals surface area contributed by atoms with Crippen LogP contribution in [-0.4, -0.2) is 44.7 Å². The smallest absolute Gasteiger partial charge is 0.361 e. The lowest BCUT2D eigenvalue weighted by atomic mass is 10.2. The van der Waals surface area contributed by atoms with Crippen LogP contribution in [0.3, 0.4) is 0 Å². The van der Waals surface area contributed by atoms with Gasteiger partial charge in [0.25, 0.3) is 10.1 Å². The van der Waals surface area contributed by atoms with Gasteiger partial charge in [0.15, 0.2) is 0 Å². The standard InChI is InChI=1S/C12H13NO7S/c1-8-3-5-9(6-4-8)21(17,18)20-7-10(14)11(12(15)16)13-19-2/h3-6H,7H2,1-2H3,(H,15,16). The van der Waals surface area contributed by atoms with Crippen molar-refractivity contribution >= 4 is 27.6 Å². The molecule has 0 spiro atoms. The number of rotatable bonds is 7. The van der Waals surface area contributed by atoms with E-state index in [2.05, 4.69) is 14.2 Å². The third kappa shape index (κ3) is 4.65. The number of aliphatic carboxylic acids is 1. The molecular weight excluding hydrogens is 302 g/mol. The maximum atomic E-state index is 11.8. The Morgan fingerprint density at radius 3 is 2.29 bits per heavy atom. The van der Waals surface area contributed by atoms with Gasteiger partial charge in [0.1, 0.15) is 13.7 Å². The van der Waals surface area contributed by atoms with Crippen LogP contribution in [-0.2, 0) is 28.7 Å². The van der Waals surface area contributed by atoms with Crippen molar-refractivity contribution in [1.29, 1.82) is 0 Å². The van der Waals surface area contributed by atoms with E-state index in [1.54, 1.807) is 19.1 Å². The minimum Gasteiger partial charge on any atom is -0.476 e. The van der Waals surface area contributed by atoms with Crippen molar-refractivity contribution < 1.29 is 32.1 Å². The Labute approximate surface area is 121 Å². The van der Waals surface area contributed by atoms with Gasteiger partial charge in [0.05, 0.1) is 4.90 Å². The Balaban J connectivity index is 2.82. The van der Waals surface area contributed by atoms with Crippen LogP contribution >= 0.6 is 0 Å². The molecule has 0 fully saturated rings. The number of carbonyl (C=O) groups is 2. The average Bonchev–Trinajstić information content (AvgIpc) is 2.42. The van der Waals surface area contributed by atoms with Crippen molar-refractivity contribution in [1.82, 2.24) is 0 Å². The molecule has 0 saturated heterocycles. The van der Waals surface area contributed by atoms with E-state index in [0.717, 1.165) is 12.7 Å². The van der Waals surface area contributed by atoms with Crippen LogP contribution in [0, 0.1) is 6.92 Å². The van der Waals surface area contributed by atoms with Crippen LogP contribution in [0.2, 0.25) is 0 Å². The summed E-state index contributed by atoms with van der Waals surface area (Å²) in [5.74, 6) is -2.77. The lowest BCUT2D eigenvalue weighted by Gasteiger charge is -2.05. The molecule has 0 atom stereocenters. The SMILES string of the molecule is CON=C(C(=O)O)C(=O)COS(=O)(=O)c1ccc(C)cc1. The van der Waals surface area contributed by atoms with Crippen LogP contribution in [0.5, 0.6) is 0 Å². The van der Waals surface area contributed by atoms with E-state index in [0.29, 0.717) is 0 Å². The van der Waals surface area contributed by atoms with Crippen molar-refractivity contribution in [3.05, 3.63) is 29.8 Å². The minimum atomic E-state index is -4.16. The van der Waals surface area contributed by atoms with Crippen LogP contribution in [0.25, 0.3) is 0 Å². The van der Waals surface area contributed by atoms with Gasteiger partial charge in [0.2, 0.25) is 11.5 Å². The summed E-state index contributed by atoms with van der Waals surface area (Å²) in [6, 6.07) is 5.76. The van der Waals surface area contributed by atoms with E-state index >= 15 is 0 Å². The summed E-state index contributed by atoms with van der Waals surface area (Å²) in [5.41, 5.74) is -0.0953. The first-order valence-electron chi connectivity index (χ1n) is 5.61. The summed E-state index contributed by atoms with van der Waals surface area (Å²) < 4.78 is 28.1. The fraction of sp³-hybridized carbons (Fsp3) is 0.250. The fourth-order valence-corrected chi connectivity index (χ4v) is 2.14. The molecule has 0 aliphatic heterocycles. The number of nitrogens with zero attached hydrogens (tertiary/aromatic N) is 1. The largest absolute Gasteiger partial charge is 0.476 e. The Bertz CT molecular complexity index is 661. The highest BCUT2D eigenvalue weighted by molar-refractivity contribution is 7.86. The zero-order valence-corrected chi connectivity index (χ0v) is 12.1. The molecule has 1 aromatic carbocycles. The van der Waals surface area contributed by atoms with Gasteiger partial charge in [0, 0.05) is 0 Å². The van der Waals surface area contributed by atoms with Gasteiger partial charge in [-0.15, -0.1) is 0 Å². The second-order valence-corrected chi connectivity index (χ2v) is 5.50. The van der Waals surface area contributed by atoms with Gasteiger partial charge in [-0.2, -0.15) is 8.42 Å². The summed E-state index contributed by atoms with van der Waals surface area (Å²) >= 11 is 0. The van der Waals surface area contributed by atoms with Crippen molar-refractivity contribution in [2.24, 2.45) is 5.16 Å². The normalized spacial score (nSPS) is 12.0. The van der Waals surface area contributed by atoms with Crippen LogP contribution < -0.4 is 0 Å². The summed E-state index contributed by atoms with van der Waals surface area (Å²) in [4.78, 5) is 26.3. The van der Waals surface area contributed by atoms with Crippen LogP contribution in [0.1, 0.15) is 5.56 Å². The molecule has 0 aromatic heterocycles. The molecule has 0 unspecified atom stereocenters. The lowest BCUT2D eigenvalue weighted by molar-refractivity contribution is -0.130. The molecule has 0 amide bonds. The third-order valence-electron chi connectivity index (χ3n) is 2.30. The van der Waals surface area contributed by atoms with Gasteiger partial charge < -0.3 is 9.94 Å². The van der Waals surface area contributed by atoms with Crippen LogP contribution in [0.4, 0.5) is 0 Å². The van der Waals surface area contributed by atoms with Gasteiger partial charge in [-0.3, -0.25) is 8.98 Å². The molecule has 1 N–H and O–H groups in total. The lowest BCUT2D eigenvalue weighted by Crippen LogP contribution is -2.29. The first-order chi connectivity index (χ1) is 9.77. The Kier molecular flexibility index (Phi) is 5.56. The molecule has 1 rings (SSSR count). The highest BCUT2D eigenvalue weighted by atomic mass is 32.2. The van der Waals surface area contributed by atoms with E-state index in [4.69, 9.17) is 5.11 Å². The monoisotopic (exact) mass is 315 g/mol. The van der Waals surface area contributed by atoms with Gasteiger partial charge in [-0.1, -0.05) is 22.9 Å². The van der Waals surface area contributed by atoms with Crippen molar-refractivity contribution in [2.45, 2.75) is 11.8 Å². The van der Waals surface area contributed by atoms with Crippen molar-refractivity contribution in [3.63, 3.8) is 0 Å². The second kappa shape index (κ2) is 6.95. The highest BCUT2D eigenvalue weighted by Gasteiger charge is 2.24. The van der Waals surface area contributed by atoms with Crippen molar-refractivity contribution in [3.8, 4) is 0 Å². The minimum absolute atomic E-state index is 0.138. The van der Waals surface area contributed by atoms with Crippen LogP contribution in [0.15, 0.2) is 34.3 Å². The number of oxime groups is 1. The first kappa shape index (κ1) is 16.8. The summed E-state index contributed by atoms with van der Waals surface area (Å²) in [7, 11) is -3.10. The number of hydrogen-bond acceptors (Lipinski definition) is 7. The number of carbonyl (C=O) groups excluding carboxylic acids is 1. The zero-order chi connectivity index (χ0) is 16.0. The average molecular weight is 315 g/mol. The number of carboxylic acid groups (broad SMARTS) is 1. The molecule has 114 valence electrons. The highest BCUT2D eigenvalue weighted by Crippen LogP contribution is 2.13. The molecule has 0 saturated carbocycles. The molecular formula is C12H13NO7S. The molecule has 0 aliphatic carbocycles. The number of aryl methyl sites for hydroxylation is 1. The van der Waals surface area contributed by atoms with E-state index in [1.807, 2.05) is 0 Å². The predicted molar refractivity (Wildman–Crippen MR) is 71.4 cm³/mol. The summed E-state index contributed by atoms with van der Waals surface area (Å²) in [5, 5.41) is 11.7. The molecule has 0 heterocycles. The number of carboxylic acids is 1. The maximum Gasteiger partial charge on any atom is 0.361 e. The molecule has 0 bridgehead atoms.